The molecule has 2 aromatic rings. The van der Waals surface area contributed by atoms with Gasteiger partial charge in [0.15, 0.2) is 0 Å². The van der Waals surface area contributed by atoms with Gasteiger partial charge in [-0.1, -0.05) is 25.3 Å². The van der Waals surface area contributed by atoms with Gasteiger partial charge in [0.05, 0.1) is 17.5 Å². The van der Waals surface area contributed by atoms with Crippen molar-refractivity contribution in [2.45, 2.75) is 51.2 Å². The maximum absolute atomic E-state index is 5.94. The van der Waals surface area contributed by atoms with Crippen LogP contribution in [0.2, 0.25) is 0 Å². The number of hydrogen-bond donors (Lipinski definition) is 1. The molecule has 0 aromatic carbocycles. The molecular formula is C18H25N3OS. The van der Waals surface area contributed by atoms with E-state index in [4.69, 9.17) is 4.74 Å². The summed E-state index contributed by atoms with van der Waals surface area (Å²) in [5.74, 6) is 0. The molecular weight excluding hydrogens is 306 g/mol. The molecule has 1 fully saturated rings. The number of aromatic nitrogens is 2. The highest BCUT2D eigenvalue weighted by atomic mass is 32.1. The summed E-state index contributed by atoms with van der Waals surface area (Å²) in [6.07, 6.45) is 9.95. The van der Waals surface area contributed by atoms with Gasteiger partial charge in [0.2, 0.25) is 0 Å². The predicted octanol–water partition coefficient (Wildman–Crippen LogP) is 4.03. The number of hydrogen-bond acceptors (Lipinski definition) is 5. The lowest BCUT2D eigenvalue weighted by molar-refractivity contribution is 0.0273. The number of rotatable bonds is 8. The lowest BCUT2D eigenvalue weighted by atomic mass is 9.98. The molecule has 0 bridgehead atoms. The van der Waals surface area contributed by atoms with Crippen molar-refractivity contribution in [3.8, 4) is 10.7 Å². The Bertz CT molecular complexity index is 567. The van der Waals surface area contributed by atoms with Crippen molar-refractivity contribution < 1.29 is 4.74 Å². The van der Waals surface area contributed by atoms with Crippen molar-refractivity contribution in [1.82, 2.24) is 15.3 Å². The molecule has 4 nitrogen and oxygen atoms in total. The van der Waals surface area contributed by atoms with Crippen LogP contribution < -0.4 is 5.32 Å². The molecule has 124 valence electrons. The summed E-state index contributed by atoms with van der Waals surface area (Å²) in [7, 11) is 0. The van der Waals surface area contributed by atoms with Gasteiger partial charge in [0.25, 0.3) is 0 Å². The Morgan fingerprint density at radius 2 is 2.13 bits per heavy atom. The minimum atomic E-state index is 0.517. The predicted molar refractivity (Wildman–Crippen MR) is 94.5 cm³/mol. The summed E-state index contributed by atoms with van der Waals surface area (Å²) in [6.45, 7) is 2.66. The first-order valence-corrected chi connectivity index (χ1v) is 9.48. The molecule has 0 saturated heterocycles. The Morgan fingerprint density at radius 1 is 1.22 bits per heavy atom. The second-order valence-corrected chi connectivity index (χ2v) is 6.88. The van der Waals surface area contributed by atoms with Gasteiger partial charge in [-0.05, 0) is 37.9 Å². The van der Waals surface area contributed by atoms with E-state index in [2.05, 4.69) is 20.7 Å². The maximum atomic E-state index is 5.94. The van der Waals surface area contributed by atoms with Crippen molar-refractivity contribution in [3.63, 3.8) is 0 Å². The van der Waals surface area contributed by atoms with Crippen LogP contribution in [-0.2, 0) is 11.3 Å². The molecule has 3 rings (SSSR count). The molecule has 2 aromatic heterocycles. The zero-order valence-corrected chi connectivity index (χ0v) is 14.4. The van der Waals surface area contributed by atoms with Crippen LogP contribution in [-0.4, -0.2) is 29.2 Å². The fourth-order valence-corrected chi connectivity index (χ4v) is 3.69. The molecule has 0 amide bonds. The maximum Gasteiger partial charge on any atom is 0.142 e. The standard InChI is InChI=1S/C18H25N3OS/c1-2-7-16(8-3-1)22-12-6-10-19-13-15-14-23-18(21-15)17-9-4-5-11-20-17/h4-5,9,11,14,16,19H,1-3,6-8,10,12-13H2. The molecule has 1 aliphatic carbocycles. The number of ether oxygens (including phenoxy) is 1. The van der Waals surface area contributed by atoms with E-state index in [-0.39, 0.29) is 0 Å². The average molecular weight is 331 g/mol. The molecule has 0 unspecified atom stereocenters. The molecule has 23 heavy (non-hydrogen) atoms. The largest absolute Gasteiger partial charge is 0.378 e. The molecule has 2 heterocycles. The zero-order valence-electron chi connectivity index (χ0n) is 13.5. The summed E-state index contributed by atoms with van der Waals surface area (Å²) in [5, 5.41) is 6.54. The minimum absolute atomic E-state index is 0.517. The van der Waals surface area contributed by atoms with Gasteiger partial charge in [0, 0.05) is 24.7 Å². The lowest BCUT2D eigenvalue weighted by Crippen LogP contribution is -2.20. The van der Waals surface area contributed by atoms with E-state index in [0.717, 1.165) is 42.5 Å². The first-order valence-electron chi connectivity index (χ1n) is 8.60. The monoisotopic (exact) mass is 331 g/mol. The summed E-state index contributed by atoms with van der Waals surface area (Å²) in [6, 6.07) is 5.92. The SMILES string of the molecule is c1ccc(-c2nc(CNCCCOC3CCCCC3)cs2)nc1. The Morgan fingerprint density at radius 3 is 2.96 bits per heavy atom. The smallest absolute Gasteiger partial charge is 0.142 e. The van der Waals surface area contributed by atoms with Crippen LogP contribution in [0.5, 0.6) is 0 Å². The molecule has 1 saturated carbocycles. The van der Waals surface area contributed by atoms with Gasteiger partial charge < -0.3 is 10.1 Å². The van der Waals surface area contributed by atoms with Gasteiger partial charge in [-0.25, -0.2) is 4.98 Å². The fraction of sp³-hybridized carbons (Fsp3) is 0.556. The third kappa shape index (κ3) is 5.37. The van der Waals surface area contributed by atoms with E-state index in [1.54, 1.807) is 17.5 Å². The highest BCUT2D eigenvalue weighted by Gasteiger charge is 2.12. The van der Waals surface area contributed by atoms with Crippen LogP contribution in [0.25, 0.3) is 10.7 Å². The second-order valence-electron chi connectivity index (χ2n) is 6.02. The van der Waals surface area contributed by atoms with E-state index in [9.17, 15) is 0 Å². The van der Waals surface area contributed by atoms with Crippen LogP contribution in [0.15, 0.2) is 29.8 Å². The number of pyridine rings is 1. The lowest BCUT2D eigenvalue weighted by Gasteiger charge is -2.21. The average Bonchev–Trinajstić information content (AvgIpc) is 3.09. The van der Waals surface area contributed by atoms with Crippen molar-refractivity contribution in [1.29, 1.82) is 0 Å². The van der Waals surface area contributed by atoms with Gasteiger partial charge >= 0.3 is 0 Å². The molecule has 0 radical (unpaired) electrons. The van der Waals surface area contributed by atoms with E-state index < -0.39 is 0 Å². The highest BCUT2D eigenvalue weighted by Crippen LogP contribution is 2.21. The van der Waals surface area contributed by atoms with Crippen molar-refractivity contribution in [2.75, 3.05) is 13.2 Å². The zero-order chi connectivity index (χ0) is 15.7. The van der Waals surface area contributed by atoms with E-state index in [1.807, 2.05) is 18.2 Å². The summed E-state index contributed by atoms with van der Waals surface area (Å²) < 4.78 is 5.94. The van der Waals surface area contributed by atoms with Crippen molar-refractivity contribution >= 4 is 11.3 Å². The van der Waals surface area contributed by atoms with Crippen LogP contribution in [0.4, 0.5) is 0 Å². The molecule has 1 N–H and O–H groups in total. The number of thiazole rings is 1. The second kappa shape index (κ2) is 9.11. The van der Waals surface area contributed by atoms with Gasteiger partial charge in [-0.2, -0.15) is 0 Å². The number of nitrogens with one attached hydrogen (secondary N) is 1. The Balaban J connectivity index is 1.31. The van der Waals surface area contributed by atoms with Crippen LogP contribution in [0.3, 0.4) is 0 Å². The van der Waals surface area contributed by atoms with Crippen LogP contribution in [0.1, 0.15) is 44.2 Å². The summed E-state index contributed by atoms with van der Waals surface area (Å²) in [4.78, 5) is 8.97. The third-order valence-electron chi connectivity index (χ3n) is 4.15. The quantitative estimate of drug-likeness (QED) is 0.742. The van der Waals surface area contributed by atoms with Gasteiger partial charge in [0.1, 0.15) is 5.01 Å². The molecule has 5 heteroatoms. The van der Waals surface area contributed by atoms with E-state index in [1.165, 1.54) is 32.1 Å². The topological polar surface area (TPSA) is 47.0 Å². The minimum Gasteiger partial charge on any atom is -0.378 e. The molecule has 1 aliphatic rings. The number of nitrogens with zero attached hydrogens (tertiary/aromatic N) is 2. The molecule has 0 spiro atoms. The van der Waals surface area contributed by atoms with Gasteiger partial charge in [-0.15, -0.1) is 11.3 Å². The Hall–Kier alpha value is -1.30. The first-order chi connectivity index (χ1) is 11.4. The van der Waals surface area contributed by atoms with Gasteiger partial charge in [-0.3, -0.25) is 4.98 Å². The van der Waals surface area contributed by atoms with Crippen LogP contribution >= 0.6 is 11.3 Å². The third-order valence-corrected chi connectivity index (χ3v) is 5.06. The van der Waals surface area contributed by atoms with E-state index >= 15 is 0 Å². The Kier molecular flexibility index (Phi) is 6.55. The first kappa shape index (κ1) is 16.6. The van der Waals surface area contributed by atoms with Crippen LogP contribution in [0, 0.1) is 0 Å². The highest BCUT2D eigenvalue weighted by molar-refractivity contribution is 7.13. The Labute approximate surface area is 142 Å². The van der Waals surface area contributed by atoms with Crippen molar-refractivity contribution in [2.24, 2.45) is 0 Å². The molecule has 0 atom stereocenters. The normalized spacial score (nSPS) is 15.8. The summed E-state index contributed by atoms with van der Waals surface area (Å²) in [5.41, 5.74) is 2.04. The fourth-order valence-electron chi connectivity index (χ4n) is 2.89. The van der Waals surface area contributed by atoms with Crippen molar-refractivity contribution in [3.05, 3.63) is 35.5 Å². The van der Waals surface area contributed by atoms with E-state index in [0.29, 0.717) is 6.10 Å². The molecule has 0 aliphatic heterocycles. The summed E-state index contributed by atoms with van der Waals surface area (Å²) >= 11 is 1.65.